The van der Waals surface area contributed by atoms with Gasteiger partial charge in [-0.3, -0.25) is 0 Å². The number of hydrogen-bond acceptors (Lipinski definition) is 3. The van der Waals surface area contributed by atoms with E-state index in [1.807, 2.05) is 0 Å². The first kappa shape index (κ1) is 31.4. The molecular formula is C37H46O3Ti. The van der Waals surface area contributed by atoms with Gasteiger partial charge in [0.05, 0.1) is 0 Å². The summed E-state index contributed by atoms with van der Waals surface area (Å²) >= 11 is -3.96. The van der Waals surface area contributed by atoms with Crippen LogP contribution in [-0.4, -0.2) is 19.8 Å². The molecule has 0 heterocycles. The van der Waals surface area contributed by atoms with E-state index in [-0.39, 0.29) is 16.2 Å². The third-order valence-electron chi connectivity index (χ3n) is 7.89. The number of benzene rings is 4. The van der Waals surface area contributed by atoms with Crippen LogP contribution >= 0.6 is 0 Å². The fourth-order valence-corrected chi connectivity index (χ4v) is 9.65. The van der Waals surface area contributed by atoms with Gasteiger partial charge < -0.3 is 0 Å². The molecule has 0 N–H and O–H groups in total. The van der Waals surface area contributed by atoms with Gasteiger partial charge in [-0.25, -0.2) is 0 Å². The Kier molecular flexibility index (Phi) is 10.4. The van der Waals surface area contributed by atoms with Gasteiger partial charge in [0.2, 0.25) is 0 Å². The zero-order chi connectivity index (χ0) is 29.4. The molecule has 4 heteroatoms. The quantitative estimate of drug-likeness (QED) is 0.138. The molecule has 0 unspecified atom stereocenters. The first-order valence-electron chi connectivity index (χ1n) is 14.6. The van der Waals surface area contributed by atoms with Gasteiger partial charge in [0, 0.05) is 0 Å². The van der Waals surface area contributed by atoms with E-state index in [2.05, 4.69) is 163 Å². The number of hydrogen-bond donors (Lipinski definition) is 0. The number of rotatable bonds is 14. The van der Waals surface area contributed by atoms with E-state index in [9.17, 15) is 0 Å². The zero-order valence-corrected chi connectivity index (χ0v) is 27.2. The van der Waals surface area contributed by atoms with E-state index >= 15 is 0 Å². The second-order valence-corrected chi connectivity index (χ2v) is 17.0. The third kappa shape index (κ3) is 8.74. The minimum absolute atomic E-state index is 0.203. The topological polar surface area (TPSA) is 27.7 Å². The fraction of sp³-hybridized carbons (Fsp3) is 0.351. The molecule has 0 bridgehead atoms. The van der Waals surface area contributed by atoms with Gasteiger partial charge in [-0.05, 0) is 0 Å². The van der Waals surface area contributed by atoms with Gasteiger partial charge in [-0.15, -0.1) is 0 Å². The van der Waals surface area contributed by atoms with Crippen LogP contribution in [0.5, 0.6) is 0 Å². The molecule has 0 aromatic heterocycles. The predicted molar refractivity (Wildman–Crippen MR) is 166 cm³/mol. The van der Waals surface area contributed by atoms with Crippen molar-refractivity contribution in [2.45, 2.75) is 62.5 Å². The van der Waals surface area contributed by atoms with E-state index < -0.39 is 17.8 Å². The van der Waals surface area contributed by atoms with E-state index in [4.69, 9.17) is 9.96 Å². The monoisotopic (exact) mass is 586 g/mol. The van der Waals surface area contributed by atoms with Gasteiger partial charge in [0.25, 0.3) is 0 Å². The van der Waals surface area contributed by atoms with Crippen molar-refractivity contribution in [3.05, 3.63) is 144 Å². The molecule has 0 spiro atoms. The average Bonchev–Trinajstić information content (AvgIpc) is 3.00. The zero-order valence-electron chi connectivity index (χ0n) is 25.6. The van der Waals surface area contributed by atoms with Gasteiger partial charge in [-0.1, -0.05) is 0 Å². The summed E-state index contributed by atoms with van der Waals surface area (Å²) < 4.78 is 21.8. The van der Waals surface area contributed by atoms with Crippen molar-refractivity contribution >= 4 is 0 Å². The standard InChI is InChI=1S/3C10H13O.C7H7.Ti/c3*1-10(2,8-11)9-6-4-3-5-7-9;1-7-5-3-2-4-6-7;/h3*3-7H,8H2,1-2H3;2-6H,1H2;/q3*-1;;+3. The Hall–Kier alpha value is -2.53. The second-order valence-electron chi connectivity index (χ2n) is 13.0. The summed E-state index contributed by atoms with van der Waals surface area (Å²) in [6, 6.07) is 42.3. The Morgan fingerprint density at radius 2 is 0.683 bits per heavy atom. The Morgan fingerprint density at radius 1 is 0.415 bits per heavy atom. The Bertz CT molecular complexity index is 1190. The Labute approximate surface area is 252 Å². The van der Waals surface area contributed by atoms with Crippen molar-refractivity contribution in [1.82, 2.24) is 0 Å². The normalized spacial score (nSPS) is 12.8. The van der Waals surface area contributed by atoms with E-state index in [1.165, 1.54) is 22.3 Å². The van der Waals surface area contributed by atoms with Crippen molar-refractivity contribution in [2.24, 2.45) is 0 Å². The maximum atomic E-state index is 7.06. The predicted octanol–water partition coefficient (Wildman–Crippen LogP) is 9.07. The van der Waals surface area contributed by atoms with Crippen molar-refractivity contribution in [3.63, 3.8) is 0 Å². The van der Waals surface area contributed by atoms with Gasteiger partial charge in [0.15, 0.2) is 0 Å². The summed E-state index contributed by atoms with van der Waals surface area (Å²) in [7, 11) is 0. The molecule has 0 amide bonds. The summed E-state index contributed by atoms with van der Waals surface area (Å²) in [6.45, 7) is 15.0. The van der Waals surface area contributed by atoms with E-state index in [0.29, 0.717) is 24.5 Å². The van der Waals surface area contributed by atoms with Gasteiger partial charge in [0.1, 0.15) is 0 Å². The van der Waals surface area contributed by atoms with Crippen molar-refractivity contribution in [1.29, 1.82) is 0 Å². The third-order valence-corrected chi connectivity index (χ3v) is 11.9. The molecule has 216 valence electrons. The van der Waals surface area contributed by atoms with E-state index in [0.717, 1.165) is 0 Å². The van der Waals surface area contributed by atoms with Gasteiger partial charge >= 0.3 is 254 Å². The van der Waals surface area contributed by atoms with Gasteiger partial charge in [-0.2, -0.15) is 0 Å². The molecule has 0 saturated heterocycles. The van der Waals surface area contributed by atoms with Crippen LogP contribution in [0.3, 0.4) is 0 Å². The van der Waals surface area contributed by atoms with Crippen molar-refractivity contribution < 1.29 is 27.7 Å². The minimum atomic E-state index is -3.96. The molecule has 0 aliphatic carbocycles. The molecule has 4 rings (SSSR count). The Balaban J connectivity index is 1.68. The molecule has 4 aromatic carbocycles. The van der Waals surface area contributed by atoms with Crippen LogP contribution in [0, 0.1) is 0 Å². The molecule has 41 heavy (non-hydrogen) atoms. The summed E-state index contributed by atoms with van der Waals surface area (Å²) in [5.41, 5.74) is 4.29. The fourth-order valence-electron chi connectivity index (χ4n) is 4.91. The summed E-state index contributed by atoms with van der Waals surface area (Å²) in [4.78, 5) is 0. The first-order valence-corrected chi connectivity index (χ1v) is 17.7. The SMILES string of the molecule is CC(C)(C[O][Ti]([CH2]c1ccccc1)([O]CC(C)(C)c1ccccc1)[O]CC(C)(C)c1ccccc1)c1ccccc1. The van der Waals surface area contributed by atoms with Crippen molar-refractivity contribution in [2.75, 3.05) is 19.8 Å². The molecule has 0 aliphatic rings. The van der Waals surface area contributed by atoms with Crippen LogP contribution < -0.4 is 0 Å². The molecule has 0 aliphatic heterocycles. The second kappa shape index (κ2) is 13.6. The van der Waals surface area contributed by atoms with Crippen LogP contribution in [0.1, 0.15) is 63.8 Å². The summed E-state index contributed by atoms with van der Waals surface area (Å²) in [6.07, 6.45) is 0. The van der Waals surface area contributed by atoms with Crippen LogP contribution in [0.25, 0.3) is 0 Å². The molecule has 0 atom stereocenters. The Morgan fingerprint density at radius 3 is 0.976 bits per heavy atom. The molecule has 3 nitrogen and oxygen atoms in total. The van der Waals surface area contributed by atoms with E-state index in [1.54, 1.807) is 0 Å². The molecule has 0 radical (unpaired) electrons. The van der Waals surface area contributed by atoms with Crippen LogP contribution in [0.15, 0.2) is 121 Å². The molecule has 4 aromatic rings. The molecular weight excluding hydrogens is 540 g/mol. The van der Waals surface area contributed by atoms with Crippen LogP contribution in [0.2, 0.25) is 0 Å². The van der Waals surface area contributed by atoms with Crippen LogP contribution in [0.4, 0.5) is 0 Å². The summed E-state index contributed by atoms with van der Waals surface area (Å²) in [5.74, 6) is 0. The molecule has 0 saturated carbocycles. The average molecular weight is 587 g/mol. The maximum absolute atomic E-state index is 7.06. The summed E-state index contributed by atoms with van der Waals surface area (Å²) in [5, 5.41) is 0. The molecule has 0 fully saturated rings. The first-order chi connectivity index (χ1) is 19.5. The van der Waals surface area contributed by atoms with Crippen LogP contribution in [-0.2, 0) is 48.7 Å². The van der Waals surface area contributed by atoms with Crippen molar-refractivity contribution in [3.8, 4) is 0 Å².